The van der Waals surface area contributed by atoms with Gasteiger partial charge in [0.1, 0.15) is 0 Å². The lowest BCUT2D eigenvalue weighted by Crippen LogP contribution is -2.49. The van der Waals surface area contributed by atoms with Crippen molar-refractivity contribution in [2.45, 2.75) is 51.2 Å². The SMILES string of the molecule is Cc1cccc(CN(C)C2CCC2CNC2CC2)n1. The van der Waals surface area contributed by atoms with Gasteiger partial charge in [0.15, 0.2) is 0 Å². The third-order valence-electron chi connectivity index (χ3n) is 4.55. The standard InChI is InChI=1S/C16H25N3/c1-12-4-3-5-15(18-12)11-19(2)16-9-6-13(16)10-17-14-7-8-14/h3-5,13-14,16-17H,6-11H2,1-2H3. The molecule has 104 valence electrons. The Morgan fingerprint density at radius 1 is 1.26 bits per heavy atom. The first-order valence-corrected chi connectivity index (χ1v) is 7.58. The molecule has 3 heteroatoms. The van der Waals surface area contributed by atoms with Gasteiger partial charge in [-0.25, -0.2) is 0 Å². The normalized spacial score (nSPS) is 26.5. The Bertz CT molecular complexity index is 428. The number of rotatable bonds is 6. The molecular formula is C16H25N3. The summed E-state index contributed by atoms with van der Waals surface area (Å²) in [6.45, 7) is 4.25. The Morgan fingerprint density at radius 3 is 2.74 bits per heavy atom. The highest BCUT2D eigenvalue weighted by molar-refractivity contribution is 5.10. The van der Waals surface area contributed by atoms with Crippen LogP contribution in [0.5, 0.6) is 0 Å². The van der Waals surface area contributed by atoms with E-state index in [0.29, 0.717) is 0 Å². The van der Waals surface area contributed by atoms with Crippen molar-refractivity contribution in [3.63, 3.8) is 0 Å². The molecule has 0 spiro atoms. The predicted octanol–water partition coefficient (Wildman–Crippen LogP) is 2.35. The Morgan fingerprint density at radius 2 is 2.11 bits per heavy atom. The van der Waals surface area contributed by atoms with Crippen LogP contribution in [0.4, 0.5) is 0 Å². The van der Waals surface area contributed by atoms with Crippen molar-refractivity contribution in [1.29, 1.82) is 0 Å². The molecule has 0 aromatic carbocycles. The van der Waals surface area contributed by atoms with Gasteiger partial charge in [0.2, 0.25) is 0 Å². The number of aryl methyl sites for hydroxylation is 1. The fourth-order valence-electron chi connectivity index (χ4n) is 3.04. The minimum atomic E-state index is 0.744. The molecule has 0 bridgehead atoms. The van der Waals surface area contributed by atoms with Gasteiger partial charge in [-0.15, -0.1) is 0 Å². The van der Waals surface area contributed by atoms with Gasteiger partial charge in [-0.2, -0.15) is 0 Å². The Kier molecular flexibility index (Phi) is 3.85. The molecule has 1 heterocycles. The zero-order chi connectivity index (χ0) is 13.2. The summed E-state index contributed by atoms with van der Waals surface area (Å²) in [5.74, 6) is 0.843. The summed E-state index contributed by atoms with van der Waals surface area (Å²) in [6.07, 6.45) is 5.51. The molecule has 2 saturated carbocycles. The largest absolute Gasteiger partial charge is 0.314 e. The molecular weight excluding hydrogens is 234 g/mol. The lowest BCUT2D eigenvalue weighted by atomic mass is 9.78. The monoisotopic (exact) mass is 259 g/mol. The van der Waals surface area contributed by atoms with Gasteiger partial charge in [0.25, 0.3) is 0 Å². The van der Waals surface area contributed by atoms with Gasteiger partial charge in [-0.1, -0.05) is 6.07 Å². The van der Waals surface area contributed by atoms with Crippen molar-refractivity contribution in [2.24, 2.45) is 5.92 Å². The molecule has 2 atom stereocenters. The molecule has 0 aliphatic heterocycles. The van der Waals surface area contributed by atoms with E-state index < -0.39 is 0 Å². The van der Waals surface area contributed by atoms with Crippen LogP contribution >= 0.6 is 0 Å². The van der Waals surface area contributed by atoms with Crippen LogP contribution in [-0.2, 0) is 6.54 Å². The zero-order valence-corrected chi connectivity index (χ0v) is 12.1. The van der Waals surface area contributed by atoms with E-state index in [2.05, 4.69) is 47.4 Å². The maximum absolute atomic E-state index is 4.61. The molecule has 0 amide bonds. The van der Waals surface area contributed by atoms with Gasteiger partial charge in [-0.05, 0) is 64.3 Å². The molecule has 3 rings (SSSR count). The average Bonchev–Trinajstić information content (AvgIpc) is 3.11. The van der Waals surface area contributed by atoms with E-state index in [-0.39, 0.29) is 0 Å². The van der Waals surface area contributed by atoms with Gasteiger partial charge in [0.05, 0.1) is 5.69 Å². The van der Waals surface area contributed by atoms with Gasteiger partial charge in [0, 0.05) is 24.3 Å². The highest BCUT2D eigenvalue weighted by atomic mass is 15.2. The third kappa shape index (κ3) is 3.34. The summed E-state index contributed by atoms with van der Waals surface area (Å²) in [6, 6.07) is 7.89. The third-order valence-corrected chi connectivity index (χ3v) is 4.55. The molecule has 0 radical (unpaired) electrons. The van der Waals surface area contributed by atoms with E-state index >= 15 is 0 Å². The summed E-state index contributed by atoms with van der Waals surface area (Å²) in [5.41, 5.74) is 2.31. The van der Waals surface area contributed by atoms with E-state index in [1.807, 2.05) is 0 Å². The molecule has 2 fully saturated rings. The quantitative estimate of drug-likeness (QED) is 0.850. The van der Waals surface area contributed by atoms with Crippen molar-refractivity contribution < 1.29 is 0 Å². The minimum Gasteiger partial charge on any atom is -0.314 e. The molecule has 1 aromatic heterocycles. The summed E-state index contributed by atoms with van der Waals surface area (Å²) in [7, 11) is 2.25. The van der Waals surface area contributed by atoms with E-state index in [0.717, 1.165) is 30.2 Å². The van der Waals surface area contributed by atoms with Gasteiger partial charge >= 0.3 is 0 Å². The number of pyridine rings is 1. The van der Waals surface area contributed by atoms with Crippen LogP contribution in [0.15, 0.2) is 18.2 Å². The minimum absolute atomic E-state index is 0.744. The first-order chi connectivity index (χ1) is 9.22. The van der Waals surface area contributed by atoms with Crippen molar-refractivity contribution >= 4 is 0 Å². The summed E-state index contributed by atoms with van der Waals surface area (Å²) < 4.78 is 0. The van der Waals surface area contributed by atoms with Crippen LogP contribution in [0.3, 0.4) is 0 Å². The highest BCUT2D eigenvalue weighted by Crippen LogP contribution is 2.32. The van der Waals surface area contributed by atoms with E-state index in [9.17, 15) is 0 Å². The maximum Gasteiger partial charge on any atom is 0.0547 e. The lowest BCUT2D eigenvalue weighted by molar-refractivity contribution is 0.0768. The summed E-state index contributed by atoms with van der Waals surface area (Å²) in [5, 5.41) is 3.67. The molecule has 2 aliphatic carbocycles. The van der Waals surface area contributed by atoms with Crippen LogP contribution in [-0.4, -0.2) is 35.6 Å². The zero-order valence-electron chi connectivity index (χ0n) is 12.1. The molecule has 2 unspecified atom stereocenters. The molecule has 3 nitrogen and oxygen atoms in total. The Balaban J connectivity index is 1.50. The second kappa shape index (κ2) is 5.59. The average molecular weight is 259 g/mol. The van der Waals surface area contributed by atoms with E-state index in [1.165, 1.54) is 37.9 Å². The van der Waals surface area contributed by atoms with E-state index in [1.54, 1.807) is 0 Å². The Hall–Kier alpha value is -0.930. The highest BCUT2D eigenvalue weighted by Gasteiger charge is 2.34. The van der Waals surface area contributed by atoms with Gasteiger partial charge < -0.3 is 5.32 Å². The predicted molar refractivity (Wildman–Crippen MR) is 78.0 cm³/mol. The van der Waals surface area contributed by atoms with Gasteiger partial charge in [-0.3, -0.25) is 9.88 Å². The second-order valence-electron chi connectivity index (χ2n) is 6.27. The van der Waals surface area contributed by atoms with Crippen molar-refractivity contribution in [3.8, 4) is 0 Å². The number of nitrogens with zero attached hydrogens (tertiary/aromatic N) is 2. The fraction of sp³-hybridized carbons (Fsp3) is 0.688. The number of nitrogens with one attached hydrogen (secondary N) is 1. The summed E-state index contributed by atoms with van der Waals surface area (Å²) >= 11 is 0. The lowest BCUT2D eigenvalue weighted by Gasteiger charge is -2.43. The number of aromatic nitrogens is 1. The van der Waals surface area contributed by atoms with Crippen molar-refractivity contribution in [3.05, 3.63) is 29.6 Å². The number of hydrogen-bond donors (Lipinski definition) is 1. The molecule has 2 aliphatic rings. The Labute approximate surface area is 116 Å². The molecule has 1 N–H and O–H groups in total. The second-order valence-corrected chi connectivity index (χ2v) is 6.27. The smallest absolute Gasteiger partial charge is 0.0547 e. The van der Waals surface area contributed by atoms with E-state index in [4.69, 9.17) is 0 Å². The first kappa shape index (κ1) is 13.1. The fourth-order valence-corrected chi connectivity index (χ4v) is 3.04. The molecule has 0 saturated heterocycles. The van der Waals surface area contributed by atoms with Crippen molar-refractivity contribution in [1.82, 2.24) is 15.2 Å². The number of hydrogen-bond acceptors (Lipinski definition) is 3. The molecule has 1 aromatic rings. The van der Waals surface area contributed by atoms with Crippen LogP contribution in [0.25, 0.3) is 0 Å². The first-order valence-electron chi connectivity index (χ1n) is 7.58. The van der Waals surface area contributed by atoms with Crippen LogP contribution in [0.1, 0.15) is 37.1 Å². The maximum atomic E-state index is 4.61. The van der Waals surface area contributed by atoms with Crippen LogP contribution in [0, 0.1) is 12.8 Å². The van der Waals surface area contributed by atoms with Crippen LogP contribution in [0.2, 0.25) is 0 Å². The van der Waals surface area contributed by atoms with Crippen LogP contribution < -0.4 is 5.32 Å². The topological polar surface area (TPSA) is 28.2 Å². The van der Waals surface area contributed by atoms with Crippen molar-refractivity contribution in [2.75, 3.05) is 13.6 Å². The summed E-state index contributed by atoms with van der Waals surface area (Å²) in [4.78, 5) is 7.10. The molecule has 19 heavy (non-hydrogen) atoms.